The van der Waals surface area contributed by atoms with Gasteiger partial charge in [0.15, 0.2) is 0 Å². The highest BCUT2D eigenvalue weighted by molar-refractivity contribution is 4.96. The molecular weight excluding hydrogens is 222 g/mol. The molecule has 3 heteroatoms. The van der Waals surface area contributed by atoms with Crippen molar-refractivity contribution < 1.29 is 0 Å². The molecule has 0 aromatic carbocycles. The Labute approximate surface area is 113 Å². The number of hydrogen-bond acceptors (Lipinski definition) is 3. The van der Waals surface area contributed by atoms with Crippen molar-refractivity contribution >= 4 is 0 Å². The van der Waals surface area contributed by atoms with Gasteiger partial charge >= 0.3 is 0 Å². The second-order valence-corrected chi connectivity index (χ2v) is 6.65. The smallest absolute Gasteiger partial charge is 0.0455 e. The summed E-state index contributed by atoms with van der Waals surface area (Å²) in [6, 6.07) is 0. The van der Waals surface area contributed by atoms with E-state index in [1.54, 1.807) is 0 Å². The molecule has 2 fully saturated rings. The lowest BCUT2D eigenvalue weighted by molar-refractivity contribution is 0.0304. The van der Waals surface area contributed by atoms with Crippen LogP contribution in [-0.4, -0.2) is 55.6 Å². The minimum Gasteiger partial charge on any atom is -0.329 e. The maximum Gasteiger partial charge on any atom is 0.0455 e. The van der Waals surface area contributed by atoms with E-state index in [2.05, 4.69) is 23.9 Å². The van der Waals surface area contributed by atoms with Crippen molar-refractivity contribution in [2.45, 2.75) is 50.5 Å². The zero-order valence-electron chi connectivity index (χ0n) is 12.3. The van der Waals surface area contributed by atoms with Gasteiger partial charge in [0, 0.05) is 25.2 Å². The van der Waals surface area contributed by atoms with Gasteiger partial charge in [0.05, 0.1) is 0 Å². The third-order valence-electron chi connectivity index (χ3n) is 5.19. The van der Waals surface area contributed by atoms with E-state index >= 15 is 0 Å². The molecule has 1 aliphatic carbocycles. The summed E-state index contributed by atoms with van der Waals surface area (Å²) in [7, 11) is 4.54. The summed E-state index contributed by atoms with van der Waals surface area (Å²) in [6.45, 7) is 4.44. The molecule has 1 aliphatic heterocycles. The van der Waals surface area contributed by atoms with Crippen LogP contribution in [0.3, 0.4) is 0 Å². The van der Waals surface area contributed by atoms with E-state index < -0.39 is 0 Å². The maximum absolute atomic E-state index is 6.14. The number of nitrogens with zero attached hydrogens (tertiary/aromatic N) is 2. The monoisotopic (exact) mass is 253 g/mol. The van der Waals surface area contributed by atoms with Crippen molar-refractivity contribution in [1.82, 2.24) is 9.80 Å². The molecule has 0 radical (unpaired) electrons. The number of nitrogens with two attached hydrogens (primary N) is 1. The minimum absolute atomic E-state index is 0.241. The Balaban J connectivity index is 1.93. The van der Waals surface area contributed by atoms with E-state index in [1.807, 2.05) is 0 Å². The van der Waals surface area contributed by atoms with Crippen LogP contribution in [0.4, 0.5) is 0 Å². The third kappa shape index (κ3) is 3.25. The molecular formula is C15H31N3. The van der Waals surface area contributed by atoms with Gasteiger partial charge < -0.3 is 10.6 Å². The first-order valence-electron chi connectivity index (χ1n) is 7.76. The van der Waals surface area contributed by atoms with E-state index in [9.17, 15) is 0 Å². The van der Waals surface area contributed by atoms with E-state index in [0.29, 0.717) is 0 Å². The highest BCUT2D eigenvalue weighted by Crippen LogP contribution is 2.29. The van der Waals surface area contributed by atoms with Crippen molar-refractivity contribution in [3.05, 3.63) is 0 Å². The summed E-state index contributed by atoms with van der Waals surface area (Å²) in [5, 5.41) is 0. The first-order chi connectivity index (χ1) is 8.66. The van der Waals surface area contributed by atoms with Gasteiger partial charge in [-0.2, -0.15) is 0 Å². The zero-order valence-corrected chi connectivity index (χ0v) is 12.3. The predicted octanol–water partition coefficient (Wildman–Crippen LogP) is 1.92. The van der Waals surface area contributed by atoms with Crippen molar-refractivity contribution in [2.24, 2.45) is 11.7 Å². The lowest BCUT2D eigenvalue weighted by Crippen LogP contribution is -2.61. The van der Waals surface area contributed by atoms with Crippen LogP contribution in [0, 0.1) is 5.92 Å². The van der Waals surface area contributed by atoms with E-state index in [0.717, 1.165) is 19.0 Å². The van der Waals surface area contributed by atoms with Crippen molar-refractivity contribution in [3.63, 3.8) is 0 Å². The van der Waals surface area contributed by atoms with Crippen LogP contribution < -0.4 is 5.73 Å². The largest absolute Gasteiger partial charge is 0.329 e. The van der Waals surface area contributed by atoms with Gasteiger partial charge in [0.1, 0.15) is 0 Å². The van der Waals surface area contributed by atoms with Crippen LogP contribution in [0.15, 0.2) is 0 Å². The quantitative estimate of drug-likeness (QED) is 0.831. The van der Waals surface area contributed by atoms with Crippen molar-refractivity contribution in [3.8, 4) is 0 Å². The summed E-state index contributed by atoms with van der Waals surface area (Å²) in [6.07, 6.45) is 9.76. The standard InChI is InChI=1S/C15H31N3/c1-17-10-6-9-15(12-16,13-17)18(2)11-14-7-4-3-5-8-14/h14H,3-13,16H2,1-2H3. The van der Waals surface area contributed by atoms with Gasteiger partial charge in [0.2, 0.25) is 0 Å². The molecule has 0 aromatic heterocycles. The van der Waals surface area contributed by atoms with E-state index in [1.165, 1.54) is 58.0 Å². The molecule has 2 aliphatic rings. The highest BCUT2D eigenvalue weighted by atomic mass is 15.3. The van der Waals surface area contributed by atoms with Crippen LogP contribution in [0.1, 0.15) is 44.9 Å². The summed E-state index contributed by atoms with van der Waals surface area (Å²) < 4.78 is 0. The Morgan fingerprint density at radius 2 is 1.94 bits per heavy atom. The molecule has 1 heterocycles. The lowest BCUT2D eigenvalue weighted by atomic mass is 9.84. The molecule has 3 nitrogen and oxygen atoms in total. The molecule has 1 unspecified atom stereocenters. The predicted molar refractivity (Wildman–Crippen MR) is 77.7 cm³/mol. The average molecular weight is 253 g/mol. The van der Waals surface area contributed by atoms with Crippen LogP contribution in [0.25, 0.3) is 0 Å². The first kappa shape index (κ1) is 14.3. The second kappa shape index (κ2) is 6.36. The SMILES string of the molecule is CN1CCCC(CN)(N(C)CC2CCCCC2)C1. The van der Waals surface area contributed by atoms with Crippen LogP contribution in [-0.2, 0) is 0 Å². The molecule has 0 bridgehead atoms. The van der Waals surface area contributed by atoms with Crippen molar-refractivity contribution in [1.29, 1.82) is 0 Å². The molecule has 0 aromatic rings. The van der Waals surface area contributed by atoms with Crippen LogP contribution in [0.5, 0.6) is 0 Å². The van der Waals surface area contributed by atoms with Crippen LogP contribution in [0.2, 0.25) is 0 Å². The minimum atomic E-state index is 0.241. The van der Waals surface area contributed by atoms with Gasteiger partial charge in [-0.3, -0.25) is 4.90 Å². The molecule has 2 N–H and O–H groups in total. The first-order valence-corrected chi connectivity index (χ1v) is 7.76. The molecule has 1 saturated heterocycles. The molecule has 18 heavy (non-hydrogen) atoms. The normalized spacial score (nSPS) is 32.0. The fraction of sp³-hybridized carbons (Fsp3) is 1.00. The summed E-state index contributed by atoms with van der Waals surface area (Å²) >= 11 is 0. The maximum atomic E-state index is 6.14. The summed E-state index contributed by atoms with van der Waals surface area (Å²) in [5.41, 5.74) is 6.38. The number of likely N-dealkylation sites (tertiary alicyclic amines) is 1. The summed E-state index contributed by atoms with van der Waals surface area (Å²) in [5.74, 6) is 0.916. The molecule has 1 atom stereocenters. The number of hydrogen-bond donors (Lipinski definition) is 1. The van der Waals surface area contributed by atoms with Gasteiger partial charge in [-0.1, -0.05) is 19.3 Å². The van der Waals surface area contributed by atoms with E-state index in [4.69, 9.17) is 5.73 Å². The van der Waals surface area contributed by atoms with Gasteiger partial charge in [0.25, 0.3) is 0 Å². The van der Waals surface area contributed by atoms with Crippen LogP contribution >= 0.6 is 0 Å². The van der Waals surface area contributed by atoms with Gasteiger partial charge in [-0.05, 0) is 52.2 Å². The fourth-order valence-corrected chi connectivity index (χ4v) is 3.92. The van der Waals surface area contributed by atoms with Gasteiger partial charge in [-0.25, -0.2) is 0 Å². The zero-order chi connectivity index (χ0) is 13.0. The molecule has 2 rings (SSSR count). The second-order valence-electron chi connectivity index (χ2n) is 6.65. The third-order valence-corrected chi connectivity index (χ3v) is 5.19. The molecule has 1 saturated carbocycles. The van der Waals surface area contributed by atoms with Crippen molar-refractivity contribution in [2.75, 3.05) is 40.3 Å². The Hall–Kier alpha value is -0.120. The average Bonchev–Trinajstić information content (AvgIpc) is 2.39. The highest BCUT2D eigenvalue weighted by Gasteiger charge is 2.37. The fourth-order valence-electron chi connectivity index (χ4n) is 3.92. The lowest BCUT2D eigenvalue weighted by Gasteiger charge is -2.48. The number of rotatable bonds is 4. The Kier molecular flexibility index (Phi) is 5.05. The Morgan fingerprint density at radius 1 is 1.22 bits per heavy atom. The van der Waals surface area contributed by atoms with E-state index in [-0.39, 0.29) is 5.54 Å². The Morgan fingerprint density at radius 3 is 2.56 bits per heavy atom. The van der Waals surface area contributed by atoms with Gasteiger partial charge in [-0.15, -0.1) is 0 Å². The topological polar surface area (TPSA) is 32.5 Å². The summed E-state index contributed by atoms with van der Waals surface area (Å²) in [4.78, 5) is 5.05. The Bertz CT molecular complexity index is 250. The molecule has 0 amide bonds. The number of piperidine rings is 1. The number of likely N-dealkylation sites (N-methyl/N-ethyl adjacent to an activating group) is 2. The molecule has 0 spiro atoms. The molecule has 106 valence electrons.